The summed E-state index contributed by atoms with van der Waals surface area (Å²) in [5.74, 6) is 6.02. The molecule has 0 amide bonds. The van der Waals surface area contributed by atoms with Crippen molar-refractivity contribution in [1.82, 2.24) is 19.1 Å². The minimum Gasteiger partial charge on any atom is -0.308 e. The largest absolute Gasteiger partial charge is 0.308 e. The summed E-state index contributed by atoms with van der Waals surface area (Å²) in [5.41, 5.74) is 1.65. The van der Waals surface area contributed by atoms with Crippen LogP contribution in [0.15, 0.2) is 18.6 Å². The van der Waals surface area contributed by atoms with Crippen LogP contribution in [0.1, 0.15) is 11.1 Å². The maximum absolute atomic E-state index is 5.92. The summed E-state index contributed by atoms with van der Waals surface area (Å²) in [6.07, 6.45) is 5.37. The Kier molecular flexibility index (Phi) is 4.37. The molecule has 0 aromatic carbocycles. The van der Waals surface area contributed by atoms with Crippen molar-refractivity contribution in [2.75, 3.05) is 20.6 Å². The van der Waals surface area contributed by atoms with Gasteiger partial charge in [-0.2, -0.15) is 9.47 Å². The molecule has 18 heavy (non-hydrogen) atoms. The Labute approximate surface area is 115 Å². The third-order valence-corrected chi connectivity index (χ3v) is 3.28. The first-order valence-electron chi connectivity index (χ1n) is 5.44. The molecule has 0 fully saturated rings. The topological polar surface area (TPSA) is 34.0 Å². The van der Waals surface area contributed by atoms with Crippen LogP contribution in [-0.4, -0.2) is 39.7 Å². The van der Waals surface area contributed by atoms with Crippen LogP contribution in [0.3, 0.4) is 0 Å². The molecule has 0 bridgehead atoms. The standard InChI is InChI=1S/C12H13ClN4S/c1-16(2)5-6-17-9-10(7-14-17)3-4-11-8-15-18-12(11)13/h7-9H,5-6H2,1-2H3. The minimum absolute atomic E-state index is 0.627. The van der Waals surface area contributed by atoms with Gasteiger partial charge in [0.15, 0.2) is 0 Å². The third-order valence-electron chi connectivity index (χ3n) is 2.28. The smallest absolute Gasteiger partial charge is 0.129 e. The molecule has 0 aliphatic heterocycles. The van der Waals surface area contributed by atoms with E-state index in [-0.39, 0.29) is 0 Å². The lowest BCUT2D eigenvalue weighted by Gasteiger charge is -2.08. The van der Waals surface area contributed by atoms with E-state index in [4.69, 9.17) is 11.6 Å². The fraction of sp³-hybridized carbons (Fsp3) is 0.333. The molecule has 0 saturated carbocycles. The summed E-state index contributed by atoms with van der Waals surface area (Å²) in [5, 5.41) is 4.25. The van der Waals surface area contributed by atoms with E-state index in [2.05, 4.69) is 26.2 Å². The van der Waals surface area contributed by atoms with E-state index in [9.17, 15) is 0 Å². The van der Waals surface area contributed by atoms with Gasteiger partial charge in [0.2, 0.25) is 0 Å². The van der Waals surface area contributed by atoms with Crippen LogP contribution >= 0.6 is 23.1 Å². The second kappa shape index (κ2) is 6.01. The molecular formula is C12H13ClN4S. The van der Waals surface area contributed by atoms with Gasteiger partial charge >= 0.3 is 0 Å². The molecule has 0 atom stereocenters. The predicted octanol–water partition coefficient (Wildman–Crippen LogP) is 1.95. The van der Waals surface area contributed by atoms with Crippen molar-refractivity contribution < 1.29 is 0 Å². The highest BCUT2D eigenvalue weighted by Crippen LogP contribution is 2.18. The van der Waals surface area contributed by atoms with Crippen LogP contribution in [0.5, 0.6) is 0 Å². The lowest BCUT2D eigenvalue weighted by Crippen LogP contribution is -2.18. The Morgan fingerprint density at radius 3 is 2.89 bits per heavy atom. The van der Waals surface area contributed by atoms with Gasteiger partial charge in [0.25, 0.3) is 0 Å². The number of hydrogen-bond acceptors (Lipinski definition) is 4. The summed E-state index contributed by atoms with van der Waals surface area (Å²) < 4.78 is 6.48. The van der Waals surface area contributed by atoms with Crippen molar-refractivity contribution >= 4 is 23.1 Å². The second-order valence-corrected chi connectivity index (χ2v) is 5.46. The second-order valence-electron chi connectivity index (χ2n) is 4.06. The Bertz CT molecular complexity index is 576. The molecule has 0 aliphatic rings. The average molecular weight is 281 g/mol. The molecule has 2 aromatic heterocycles. The molecule has 0 N–H and O–H groups in total. The SMILES string of the molecule is CN(C)CCn1cc(C#Cc2cnsc2Cl)cn1. The van der Waals surface area contributed by atoms with Crippen molar-refractivity contribution in [2.45, 2.75) is 6.54 Å². The molecule has 0 radical (unpaired) electrons. The van der Waals surface area contributed by atoms with Crippen molar-refractivity contribution in [3.8, 4) is 11.8 Å². The maximum atomic E-state index is 5.92. The van der Waals surface area contributed by atoms with Crippen molar-refractivity contribution in [1.29, 1.82) is 0 Å². The monoisotopic (exact) mass is 280 g/mol. The Morgan fingerprint density at radius 2 is 2.22 bits per heavy atom. The van der Waals surface area contributed by atoms with E-state index in [1.165, 1.54) is 11.5 Å². The molecule has 6 heteroatoms. The fourth-order valence-electron chi connectivity index (χ4n) is 1.30. The Balaban J connectivity index is 2.03. The van der Waals surface area contributed by atoms with Gasteiger partial charge in [-0.05, 0) is 25.6 Å². The molecular weight excluding hydrogens is 268 g/mol. The molecule has 0 saturated heterocycles. The highest BCUT2D eigenvalue weighted by atomic mass is 35.5. The lowest BCUT2D eigenvalue weighted by atomic mass is 10.3. The average Bonchev–Trinajstić information content (AvgIpc) is 2.93. The van der Waals surface area contributed by atoms with E-state index in [1.807, 2.05) is 25.0 Å². The van der Waals surface area contributed by atoms with Gasteiger partial charge in [-0.15, -0.1) is 0 Å². The zero-order valence-corrected chi connectivity index (χ0v) is 11.8. The van der Waals surface area contributed by atoms with E-state index in [1.54, 1.807) is 12.4 Å². The first kappa shape index (κ1) is 13.1. The molecule has 0 unspecified atom stereocenters. The number of hydrogen-bond donors (Lipinski definition) is 0. The van der Waals surface area contributed by atoms with Crippen LogP contribution < -0.4 is 0 Å². The molecule has 94 valence electrons. The van der Waals surface area contributed by atoms with Crippen LogP contribution in [-0.2, 0) is 6.54 Å². The Hall–Kier alpha value is -1.35. The van der Waals surface area contributed by atoms with E-state index < -0.39 is 0 Å². The summed E-state index contributed by atoms with van der Waals surface area (Å²) in [4.78, 5) is 2.11. The molecule has 2 heterocycles. The number of nitrogens with zero attached hydrogens (tertiary/aromatic N) is 4. The van der Waals surface area contributed by atoms with Crippen molar-refractivity contribution in [3.63, 3.8) is 0 Å². The highest BCUT2D eigenvalue weighted by molar-refractivity contribution is 7.10. The zero-order chi connectivity index (χ0) is 13.0. The number of rotatable bonds is 3. The highest BCUT2D eigenvalue weighted by Gasteiger charge is 1.99. The van der Waals surface area contributed by atoms with Gasteiger partial charge in [0, 0.05) is 12.7 Å². The molecule has 2 rings (SSSR count). The molecule has 2 aromatic rings. The number of likely N-dealkylation sites (N-methyl/N-ethyl adjacent to an activating group) is 1. The van der Waals surface area contributed by atoms with E-state index >= 15 is 0 Å². The van der Waals surface area contributed by atoms with Gasteiger partial charge in [-0.25, -0.2) is 0 Å². The van der Waals surface area contributed by atoms with E-state index in [0.29, 0.717) is 4.34 Å². The predicted molar refractivity (Wildman–Crippen MR) is 73.9 cm³/mol. The van der Waals surface area contributed by atoms with Crippen molar-refractivity contribution in [3.05, 3.63) is 34.1 Å². The molecule has 0 aliphatic carbocycles. The fourth-order valence-corrected chi connectivity index (χ4v) is 1.97. The summed E-state index contributed by atoms with van der Waals surface area (Å²) in [6.45, 7) is 1.81. The first-order chi connectivity index (χ1) is 8.65. The Morgan fingerprint density at radius 1 is 1.39 bits per heavy atom. The van der Waals surface area contributed by atoms with Gasteiger partial charge in [0.1, 0.15) is 4.34 Å². The minimum atomic E-state index is 0.627. The van der Waals surface area contributed by atoms with Crippen molar-refractivity contribution in [2.24, 2.45) is 0 Å². The number of aromatic nitrogens is 3. The van der Waals surface area contributed by atoms with Crippen LogP contribution in [0, 0.1) is 11.8 Å². The maximum Gasteiger partial charge on any atom is 0.129 e. The summed E-state index contributed by atoms with van der Waals surface area (Å²) in [6, 6.07) is 0. The molecule has 4 nitrogen and oxygen atoms in total. The summed E-state index contributed by atoms with van der Waals surface area (Å²) >= 11 is 7.17. The first-order valence-corrected chi connectivity index (χ1v) is 6.59. The quantitative estimate of drug-likeness (QED) is 0.806. The van der Waals surface area contributed by atoms with Gasteiger partial charge in [-0.1, -0.05) is 23.4 Å². The summed E-state index contributed by atoms with van der Waals surface area (Å²) in [7, 11) is 4.07. The van der Waals surface area contributed by atoms with Gasteiger partial charge in [-0.3, -0.25) is 4.68 Å². The zero-order valence-electron chi connectivity index (χ0n) is 10.2. The van der Waals surface area contributed by atoms with Crippen LogP contribution in [0.25, 0.3) is 0 Å². The van der Waals surface area contributed by atoms with E-state index in [0.717, 1.165) is 24.2 Å². The number of halogens is 1. The normalized spacial score (nSPS) is 10.4. The van der Waals surface area contributed by atoms with Gasteiger partial charge in [0.05, 0.1) is 30.1 Å². The molecule has 0 spiro atoms. The van der Waals surface area contributed by atoms with Crippen LogP contribution in [0.4, 0.5) is 0 Å². The van der Waals surface area contributed by atoms with Crippen LogP contribution in [0.2, 0.25) is 4.34 Å². The third kappa shape index (κ3) is 3.57. The lowest BCUT2D eigenvalue weighted by molar-refractivity contribution is 0.373. The van der Waals surface area contributed by atoms with Gasteiger partial charge < -0.3 is 4.90 Å².